The lowest BCUT2D eigenvalue weighted by Crippen LogP contribution is -2.60. The van der Waals surface area contributed by atoms with E-state index in [-0.39, 0.29) is 35.0 Å². The number of aliphatic hydroxyl groups is 1. The topological polar surface area (TPSA) is 104 Å². The summed E-state index contributed by atoms with van der Waals surface area (Å²) in [6, 6.07) is 3.30. The third kappa shape index (κ3) is 5.02. The van der Waals surface area contributed by atoms with Crippen molar-refractivity contribution in [3.05, 3.63) is 35.3 Å². The SMILES string of the molecule is Cc1cc(O)cc2c1CCCOCC1(O)CC3(CCCN(C3)c3nc(OC[C@@]45CCCN4C[C@H](F)C5)nc4c(F)c-2ncc34)C1. The summed E-state index contributed by atoms with van der Waals surface area (Å²) in [6.07, 6.45) is 7.45. The van der Waals surface area contributed by atoms with Crippen LogP contribution < -0.4 is 9.64 Å². The van der Waals surface area contributed by atoms with E-state index in [1.54, 1.807) is 18.3 Å². The number of rotatable bonds is 3. The first-order valence-electron chi connectivity index (χ1n) is 16.4. The maximum Gasteiger partial charge on any atom is 0.319 e. The van der Waals surface area contributed by atoms with Crippen LogP contribution in [0, 0.1) is 18.2 Å². The third-order valence-corrected chi connectivity index (χ3v) is 11.0. The molecule has 11 heteroatoms. The zero-order valence-corrected chi connectivity index (χ0v) is 25.8. The van der Waals surface area contributed by atoms with Gasteiger partial charge in [0.25, 0.3) is 0 Å². The fourth-order valence-electron chi connectivity index (χ4n) is 9.24. The number of alkyl halides is 1. The average Bonchev–Trinajstić information content (AvgIpc) is 3.51. The van der Waals surface area contributed by atoms with Crippen LogP contribution in [0.4, 0.5) is 14.6 Å². The Labute approximate surface area is 261 Å². The second kappa shape index (κ2) is 10.7. The van der Waals surface area contributed by atoms with Gasteiger partial charge in [-0.25, -0.2) is 8.78 Å². The maximum absolute atomic E-state index is 16.8. The summed E-state index contributed by atoms with van der Waals surface area (Å²) in [5, 5.41) is 22.3. The molecule has 1 aliphatic carbocycles. The van der Waals surface area contributed by atoms with Gasteiger partial charge in [-0.15, -0.1) is 0 Å². The van der Waals surface area contributed by atoms with Gasteiger partial charge in [-0.1, -0.05) is 0 Å². The molecule has 240 valence electrons. The molecule has 3 saturated heterocycles. The monoisotopic (exact) mass is 621 g/mol. The highest BCUT2D eigenvalue weighted by atomic mass is 19.1. The van der Waals surface area contributed by atoms with Crippen LogP contribution in [-0.4, -0.2) is 93.4 Å². The first-order chi connectivity index (χ1) is 21.6. The Balaban J connectivity index is 1.25. The number of fused-ring (bicyclic) bond motifs is 1. The van der Waals surface area contributed by atoms with Gasteiger partial charge in [-0.05, 0) is 93.5 Å². The van der Waals surface area contributed by atoms with E-state index in [0.29, 0.717) is 75.2 Å². The summed E-state index contributed by atoms with van der Waals surface area (Å²) < 4.78 is 43.5. The van der Waals surface area contributed by atoms with E-state index in [2.05, 4.69) is 19.8 Å². The molecule has 2 atom stereocenters. The summed E-state index contributed by atoms with van der Waals surface area (Å²) in [5.74, 6) is -0.000352. The highest BCUT2D eigenvalue weighted by Gasteiger charge is 2.55. The second-order valence-corrected chi connectivity index (χ2v) is 14.4. The van der Waals surface area contributed by atoms with Crippen LogP contribution in [0.1, 0.15) is 62.5 Å². The van der Waals surface area contributed by atoms with Gasteiger partial charge in [-0.2, -0.15) is 9.97 Å². The van der Waals surface area contributed by atoms with Crippen LogP contribution >= 0.6 is 0 Å². The number of benzene rings is 1. The molecular formula is C34H41F2N5O4. The molecule has 7 bridgehead atoms. The molecular weight excluding hydrogens is 580 g/mol. The van der Waals surface area contributed by atoms with Gasteiger partial charge in [0.15, 0.2) is 5.82 Å². The normalized spacial score (nSPS) is 31.6. The lowest BCUT2D eigenvalue weighted by atomic mass is 9.56. The summed E-state index contributed by atoms with van der Waals surface area (Å²) in [7, 11) is 0. The Bertz CT molecular complexity index is 1650. The molecule has 2 N–H and O–H groups in total. The molecule has 0 unspecified atom stereocenters. The summed E-state index contributed by atoms with van der Waals surface area (Å²) in [6.45, 7) is 5.54. The molecule has 1 aromatic carbocycles. The van der Waals surface area contributed by atoms with E-state index >= 15 is 4.39 Å². The smallest absolute Gasteiger partial charge is 0.319 e. The molecule has 7 aliphatic rings. The highest BCUT2D eigenvalue weighted by molar-refractivity contribution is 5.92. The van der Waals surface area contributed by atoms with Crippen molar-refractivity contribution in [1.29, 1.82) is 0 Å². The van der Waals surface area contributed by atoms with Crippen molar-refractivity contribution in [2.75, 3.05) is 50.9 Å². The second-order valence-electron chi connectivity index (χ2n) is 14.4. The molecule has 2 aromatic heterocycles. The number of aryl methyl sites for hydroxylation is 1. The number of aromatic nitrogens is 3. The standard InChI is InChI=1S/C34H41F2N5O4/c1-21-11-23(42)12-25-24(21)5-2-10-44-20-34(43)16-32(17-34)6-3-8-40(18-32)30-26-14-37-28(25)27(36)29(26)38-31(39-30)45-19-33-7-4-9-41(33)15-22(35)13-33/h11-12,14,22,42-43H,2-10,13,15-20H2,1H3/t22-,32?,33+,34?/m1/s1. The Morgan fingerprint density at radius 2 is 1.98 bits per heavy atom. The molecule has 1 saturated carbocycles. The van der Waals surface area contributed by atoms with E-state index in [1.165, 1.54) is 0 Å². The third-order valence-electron chi connectivity index (χ3n) is 11.0. The fourth-order valence-corrected chi connectivity index (χ4v) is 9.24. The van der Waals surface area contributed by atoms with Crippen LogP contribution in [-0.2, 0) is 11.2 Å². The number of ether oxygens (including phenoxy) is 2. The van der Waals surface area contributed by atoms with Gasteiger partial charge in [0.05, 0.1) is 23.1 Å². The van der Waals surface area contributed by atoms with Crippen LogP contribution in [0.5, 0.6) is 11.8 Å². The number of piperidine rings is 1. The van der Waals surface area contributed by atoms with Crippen LogP contribution in [0.3, 0.4) is 0 Å². The molecule has 8 heterocycles. The predicted molar refractivity (Wildman–Crippen MR) is 165 cm³/mol. The Morgan fingerprint density at radius 3 is 2.84 bits per heavy atom. The number of aromatic hydroxyl groups is 1. The first kappa shape index (κ1) is 29.3. The van der Waals surface area contributed by atoms with Gasteiger partial charge in [0.2, 0.25) is 0 Å². The van der Waals surface area contributed by atoms with Crippen molar-refractivity contribution in [2.45, 2.75) is 82.0 Å². The number of hydrogen-bond acceptors (Lipinski definition) is 9. The molecule has 0 radical (unpaired) electrons. The molecule has 0 amide bonds. The van der Waals surface area contributed by atoms with Crippen molar-refractivity contribution in [2.24, 2.45) is 5.41 Å². The zero-order chi connectivity index (χ0) is 31.0. The lowest BCUT2D eigenvalue weighted by Gasteiger charge is -2.57. The number of pyridine rings is 1. The molecule has 9 nitrogen and oxygen atoms in total. The van der Waals surface area contributed by atoms with Crippen molar-refractivity contribution < 1.29 is 28.5 Å². The Kier molecular flexibility index (Phi) is 6.96. The van der Waals surface area contributed by atoms with Crippen molar-refractivity contribution in [3.63, 3.8) is 0 Å². The Hall–Kier alpha value is -3.15. The van der Waals surface area contributed by atoms with Gasteiger partial charge in [0, 0.05) is 44.4 Å². The van der Waals surface area contributed by atoms with Gasteiger partial charge < -0.3 is 24.6 Å². The van der Waals surface area contributed by atoms with Crippen molar-refractivity contribution >= 4 is 16.7 Å². The van der Waals surface area contributed by atoms with E-state index in [9.17, 15) is 14.6 Å². The number of hydrogen-bond donors (Lipinski definition) is 2. The first-order valence-corrected chi connectivity index (χ1v) is 16.4. The molecule has 10 rings (SSSR count). The predicted octanol–water partition coefficient (Wildman–Crippen LogP) is 4.87. The Morgan fingerprint density at radius 1 is 1.13 bits per heavy atom. The van der Waals surface area contributed by atoms with Gasteiger partial charge >= 0.3 is 6.01 Å². The maximum atomic E-state index is 16.8. The summed E-state index contributed by atoms with van der Waals surface area (Å²) in [5.41, 5.74) is 1.11. The number of halogens is 2. The number of phenolic OH excluding ortho intramolecular Hbond substituents is 1. The average molecular weight is 622 g/mol. The van der Waals surface area contributed by atoms with E-state index < -0.39 is 23.1 Å². The molecule has 1 spiro atoms. The van der Waals surface area contributed by atoms with Gasteiger partial charge in [0.1, 0.15) is 35.6 Å². The minimum Gasteiger partial charge on any atom is -0.508 e. The number of phenols is 1. The van der Waals surface area contributed by atoms with Crippen LogP contribution in [0.2, 0.25) is 0 Å². The van der Waals surface area contributed by atoms with E-state index in [1.807, 2.05) is 6.92 Å². The molecule has 45 heavy (non-hydrogen) atoms. The summed E-state index contributed by atoms with van der Waals surface area (Å²) in [4.78, 5) is 18.5. The zero-order valence-electron chi connectivity index (χ0n) is 25.8. The fraction of sp³-hybridized carbons (Fsp3) is 0.618. The van der Waals surface area contributed by atoms with Crippen molar-refractivity contribution in [3.8, 4) is 23.0 Å². The molecule has 3 aromatic rings. The molecule has 4 fully saturated rings. The van der Waals surface area contributed by atoms with E-state index in [4.69, 9.17) is 14.5 Å². The molecule has 6 aliphatic heterocycles. The minimum atomic E-state index is -0.889. The minimum absolute atomic E-state index is 0.0332. The van der Waals surface area contributed by atoms with Crippen molar-refractivity contribution in [1.82, 2.24) is 19.9 Å². The largest absolute Gasteiger partial charge is 0.508 e. The number of nitrogens with zero attached hydrogens (tertiary/aromatic N) is 5. The number of anilines is 1. The highest BCUT2D eigenvalue weighted by Crippen LogP contribution is 2.54. The van der Waals surface area contributed by atoms with Crippen LogP contribution in [0.15, 0.2) is 18.3 Å². The van der Waals surface area contributed by atoms with Crippen LogP contribution in [0.25, 0.3) is 22.2 Å². The quantitative estimate of drug-likeness (QED) is 0.424. The van der Waals surface area contributed by atoms with E-state index in [0.717, 1.165) is 49.9 Å². The summed E-state index contributed by atoms with van der Waals surface area (Å²) >= 11 is 0. The lowest BCUT2D eigenvalue weighted by molar-refractivity contribution is -0.167. The van der Waals surface area contributed by atoms with Gasteiger partial charge in [-0.3, -0.25) is 9.88 Å².